The number of benzene rings is 1. The van der Waals surface area contributed by atoms with Gasteiger partial charge in [0.1, 0.15) is 0 Å². The minimum absolute atomic E-state index is 0.0119. The van der Waals surface area contributed by atoms with Crippen molar-refractivity contribution < 1.29 is 9.59 Å². The van der Waals surface area contributed by atoms with Gasteiger partial charge >= 0.3 is 0 Å². The monoisotopic (exact) mass is 266 g/mol. The molecule has 4 nitrogen and oxygen atoms in total. The van der Waals surface area contributed by atoms with Crippen LogP contribution < -0.4 is 10.6 Å². The fourth-order valence-corrected chi connectivity index (χ4v) is 1.85. The van der Waals surface area contributed by atoms with Crippen molar-refractivity contribution in [2.45, 2.75) is 19.3 Å². The normalized spacial score (nSPS) is 14.7. The first-order valence-corrected chi connectivity index (χ1v) is 6.36. The summed E-state index contributed by atoms with van der Waals surface area (Å²) in [6.45, 7) is 0.0119. The van der Waals surface area contributed by atoms with Gasteiger partial charge in [-0.2, -0.15) is 0 Å². The molecular formula is C13H15ClN2O2. The van der Waals surface area contributed by atoms with Gasteiger partial charge in [-0.05, 0) is 37.1 Å². The summed E-state index contributed by atoms with van der Waals surface area (Å²) in [4.78, 5) is 23.1. The van der Waals surface area contributed by atoms with Crippen LogP contribution in [0.15, 0.2) is 24.3 Å². The lowest BCUT2D eigenvalue weighted by Gasteiger charge is -2.23. The zero-order valence-corrected chi connectivity index (χ0v) is 10.7. The van der Waals surface area contributed by atoms with E-state index in [-0.39, 0.29) is 24.3 Å². The molecule has 1 aliphatic carbocycles. The Morgan fingerprint density at radius 3 is 2.44 bits per heavy atom. The highest BCUT2D eigenvalue weighted by atomic mass is 35.5. The molecule has 96 valence electrons. The second-order valence-electron chi connectivity index (χ2n) is 4.40. The van der Waals surface area contributed by atoms with E-state index in [0.717, 1.165) is 19.3 Å². The molecule has 2 rings (SSSR count). The lowest BCUT2D eigenvalue weighted by Crippen LogP contribution is -2.39. The third-order valence-electron chi connectivity index (χ3n) is 3.03. The maximum absolute atomic E-state index is 11.6. The summed E-state index contributed by atoms with van der Waals surface area (Å²) in [7, 11) is 0. The second-order valence-corrected chi connectivity index (χ2v) is 4.84. The molecule has 2 N–H and O–H groups in total. The molecular weight excluding hydrogens is 252 g/mol. The van der Waals surface area contributed by atoms with Crippen LogP contribution in [0.3, 0.4) is 0 Å². The molecule has 1 aliphatic rings. The molecule has 0 bridgehead atoms. The van der Waals surface area contributed by atoms with Gasteiger partial charge in [-0.15, -0.1) is 0 Å². The van der Waals surface area contributed by atoms with Crippen LogP contribution in [-0.2, 0) is 9.59 Å². The van der Waals surface area contributed by atoms with Gasteiger partial charge in [0, 0.05) is 16.6 Å². The smallest absolute Gasteiger partial charge is 0.243 e. The van der Waals surface area contributed by atoms with Gasteiger partial charge < -0.3 is 10.6 Å². The van der Waals surface area contributed by atoms with Crippen LogP contribution in [0, 0.1) is 5.92 Å². The Kier molecular flexibility index (Phi) is 4.20. The van der Waals surface area contributed by atoms with Crippen molar-refractivity contribution in [3.8, 4) is 0 Å². The van der Waals surface area contributed by atoms with E-state index in [2.05, 4.69) is 10.6 Å². The Labute approximate surface area is 111 Å². The first-order chi connectivity index (χ1) is 8.65. The predicted octanol–water partition coefficient (Wildman–Crippen LogP) is 2.19. The Hall–Kier alpha value is -1.55. The summed E-state index contributed by atoms with van der Waals surface area (Å²) in [5, 5.41) is 5.94. The number of nitrogens with one attached hydrogen (secondary N) is 2. The molecule has 0 spiro atoms. The van der Waals surface area contributed by atoms with Crippen LogP contribution in [0.25, 0.3) is 0 Å². The van der Waals surface area contributed by atoms with Gasteiger partial charge in [0.25, 0.3) is 0 Å². The summed E-state index contributed by atoms with van der Waals surface area (Å²) in [5.41, 5.74) is 0.669. The topological polar surface area (TPSA) is 58.2 Å². The first kappa shape index (κ1) is 12.9. The van der Waals surface area contributed by atoms with Crippen LogP contribution in [-0.4, -0.2) is 18.4 Å². The molecule has 0 heterocycles. The molecule has 0 unspecified atom stereocenters. The van der Waals surface area contributed by atoms with E-state index in [9.17, 15) is 9.59 Å². The van der Waals surface area contributed by atoms with Crippen molar-refractivity contribution >= 4 is 29.1 Å². The van der Waals surface area contributed by atoms with Crippen LogP contribution >= 0.6 is 11.6 Å². The maximum Gasteiger partial charge on any atom is 0.243 e. The highest BCUT2D eigenvalue weighted by molar-refractivity contribution is 6.30. The molecule has 1 fully saturated rings. The van der Waals surface area contributed by atoms with Gasteiger partial charge in [-0.25, -0.2) is 0 Å². The van der Waals surface area contributed by atoms with E-state index >= 15 is 0 Å². The van der Waals surface area contributed by atoms with Gasteiger partial charge in [-0.1, -0.05) is 18.0 Å². The summed E-state index contributed by atoms with van der Waals surface area (Å²) in [6.07, 6.45) is 2.98. The number of amides is 2. The van der Waals surface area contributed by atoms with E-state index in [1.165, 1.54) is 0 Å². The number of rotatable bonds is 4. The van der Waals surface area contributed by atoms with Crippen LogP contribution in [0.1, 0.15) is 19.3 Å². The number of hydrogen-bond acceptors (Lipinski definition) is 2. The summed E-state index contributed by atoms with van der Waals surface area (Å²) in [6, 6.07) is 6.83. The molecule has 0 saturated heterocycles. The molecule has 0 aliphatic heterocycles. The van der Waals surface area contributed by atoms with E-state index in [1.807, 2.05) is 0 Å². The van der Waals surface area contributed by atoms with Crippen molar-refractivity contribution in [3.05, 3.63) is 29.3 Å². The average Bonchev–Trinajstić information content (AvgIpc) is 2.27. The summed E-state index contributed by atoms with van der Waals surface area (Å²) in [5.74, 6) is -0.147. The van der Waals surface area contributed by atoms with E-state index in [1.54, 1.807) is 24.3 Å². The number of hydrogen-bond donors (Lipinski definition) is 2. The zero-order chi connectivity index (χ0) is 13.0. The maximum atomic E-state index is 11.6. The molecule has 0 radical (unpaired) electrons. The Bertz CT molecular complexity index is 441. The number of carbonyl (C=O) groups is 2. The Morgan fingerprint density at radius 2 is 1.89 bits per heavy atom. The van der Waals surface area contributed by atoms with Crippen molar-refractivity contribution in [1.82, 2.24) is 5.32 Å². The Balaban J connectivity index is 1.74. The fourth-order valence-electron chi connectivity index (χ4n) is 1.72. The first-order valence-electron chi connectivity index (χ1n) is 5.98. The van der Waals surface area contributed by atoms with E-state index < -0.39 is 0 Å². The molecule has 1 saturated carbocycles. The van der Waals surface area contributed by atoms with E-state index in [0.29, 0.717) is 10.7 Å². The Morgan fingerprint density at radius 1 is 1.22 bits per heavy atom. The molecule has 18 heavy (non-hydrogen) atoms. The fraction of sp³-hybridized carbons (Fsp3) is 0.385. The molecule has 5 heteroatoms. The summed E-state index contributed by atoms with van der Waals surface area (Å²) < 4.78 is 0. The minimum Gasteiger partial charge on any atom is -0.347 e. The van der Waals surface area contributed by atoms with Gasteiger partial charge in [0.15, 0.2) is 0 Å². The number of anilines is 1. The van der Waals surface area contributed by atoms with Crippen LogP contribution in [0.2, 0.25) is 5.02 Å². The summed E-state index contributed by atoms with van der Waals surface area (Å²) >= 11 is 5.74. The minimum atomic E-state index is -0.231. The van der Waals surface area contributed by atoms with Crippen LogP contribution in [0.4, 0.5) is 5.69 Å². The molecule has 0 aromatic heterocycles. The van der Waals surface area contributed by atoms with Crippen LogP contribution in [0.5, 0.6) is 0 Å². The van der Waals surface area contributed by atoms with E-state index in [4.69, 9.17) is 11.6 Å². The lowest BCUT2D eigenvalue weighted by atomic mass is 9.85. The quantitative estimate of drug-likeness (QED) is 0.878. The molecule has 2 amide bonds. The molecule has 0 atom stereocenters. The van der Waals surface area contributed by atoms with Gasteiger partial charge in [0.05, 0.1) is 6.54 Å². The predicted molar refractivity (Wildman–Crippen MR) is 70.4 cm³/mol. The third kappa shape index (κ3) is 3.47. The second kappa shape index (κ2) is 5.87. The van der Waals surface area contributed by atoms with Gasteiger partial charge in [0.2, 0.25) is 11.8 Å². The largest absolute Gasteiger partial charge is 0.347 e. The van der Waals surface area contributed by atoms with Crippen molar-refractivity contribution in [3.63, 3.8) is 0 Å². The van der Waals surface area contributed by atoms with Crippen molar-refractivity contribution in [2.24, 2.45) is 5.92 Å². The standard InChI is InChI=1S/C13H15ClN2O2/c14-10-4-6-11(7-5-10)16-12(17)8-15-13(18)9-2-1-3-9/h4-7,9H,1-3,8H2,(H,15,18)(H,16,17). The highest BCUT2D eigenvalue weighted by Crippen LogP contribution is 2.26. The average molecular weight is 267 g/mol. The number of halogens is 1. The molecule has 1 aromatic carbocycles. The van der Waals surface area contributed by atoms with Crippen molar-refractivity contribution in [1.29, 1.82) is 0 Å². The van der Waals surface area contributed by atoms with Gasteiger partial charge in [-0.3, -0.25) is 9.59 Å². The highest BCUT2D eigenvalue weighted by Gasteiger charge is 2.25. The molecule has 1 aromatic rings. The van der Waals surface area contributed by atoms with Crippen molar-refractivity contribution in [2.75, 3.05) is 11.9 Å². The zero-order valence-electron chi connectivity index (χ0n) is 9.91. The number of carbonyl (C=O) groups excluding carboxylic acids is 2. The SMILES string of the molecule is O=C(CNC(=O)C1CCC1)Nc1ccc(Cl)cc1. The lowest BCUT2D eigenvalue weighted by molar-refractivity contribution is -0.129. The third-order valence-corrected chi connectivity index (χ3v) is 3.28.